The maximum Gasteiger partial charge on any atom is 0.335 e. The molecular formula is C18H24N6O5S. The SMILES string of the molecule is C/C=C/Cn1ccc(C(=O)c2cncnc2N[C@@H]2C[C@H](O)[C@H](OS(=O)(=O)NC)C2)n1. The van der Waals surface area contributed by atoms with Crippen LogP contribution in [-0.2, 0) is 21.0 Å². The topological polar surface area (TPSA) is 148 Å². The van der Waals surface area contributed by atoms with E-state index in [1.807, 2.05) is 19.1 Å². The van der Waals surface area contributed by atoms with Gasteiger partial charge in [0.05, 0.1) is 18.2 Å². The molecule has 3 N–H and O–H groups in total. The van der Waals surface area contributed by atoms with Crippen molar-refractivity contribution < 1.29 is 22.5 Å². The van der Waals surface area contributed by atoms with Gasteiger partial charge in [0.2, 0.25) is 5.78 Å². The zero-order chi connectivity index (χ0) is 21.7. The fourth-order valence-corrected chi connectivity index (χ4v) is 3.78. The van der Waals surface area contributed by atoms with Crippen molar-refractivity contribution in [2.45, 2.75) is 44.6 Å². The summed E-state index contributed by atoms with van der Waals surface area (Å²) in [6.07, 6.45) is 6.79. The van der Waals surface area contributed by atoms with Crippen LogP contribution < -0.4 is 10.0 Å². The Hall–Kier alpha value is -2.67. The third-order valence-electron chi connectivity index (χ3n) is 4.67. The fraction of sp³-hybridized carbons (Fsp3) is 0.444. The second kappa shape index (κ2) is 9.43. The number of aliphatic hydroxyl groups excluding tert-OH is 1. The molecule has 2 aromatic heterocycles. The Morgan fingerprint density at radius 2 is 2.23 bits per heavy atom. The molecule has 2 heterocycles. The summed E-state index contributed by atoms with van der Waals surface area (Å²) < 4.78 is 31.8. The molecule has 1 fully saturated rings. The number of carbonyl (C=O) groups excluding carboxylic acids is 1. The summed E-state index contributed by atoms with van der Waals surface area (Å²) >= 11 is 0. The van der Waals surface area contributed by atoms with Gasteiger partial charge in [-0.3, -0.25) is 13.7 Å². The maximum absolute atomic E-state index is 12.9. The van der Waals surface area contributed by atoms with Crippen molar-refractivity contribution in [3.8, 4) is 0 Å². The number of rotatable bonds is 9. The molecular weight excluding hydrogens is 412 g/mol. The Balaban J connectivity index is 1.73. The molecule has 3 rings (SSSR count). The van der Waals surface area contributed by atoms with E-state index in [1.165, 1.54) is 19.6 Å². The second-order valence-corrected chi connectivity index (χ2v) is 8.29. The lowest BCUT2D eigenvalue weighted by molar-refractivity contribution is 0.0636. The summed E-state index contributed by atoms with van der Waals surface area (Å²) in [5.74, 6) is -0.0613. The van der Waals surface area contributed by atoms with Crippen molar-refractivity contribution in [1.82, 2.24) is 24.5 Å². The Morgan fingerprint density at radius 3 is 2.97 bits per heavy atom. The molecule has 2 aromatic rings. The first-order valence-corrected chi connectivity index (χ1v) is 10.8. The van der Waals surface area contributed by atoms with Gasteiger partial charge in [0.25, 0.3) is 0 Å². The molecule has 0 amide bonds. The Labute approximate surface area is 174 Å². The van der Waals surface area contributed by atoms with Gasteiger partial charge in [-0.2, -0.15) is 18.2 Å². The van der Waals surface area contributed by atoms with Gasteiger partial charge in [-0.15, -0.1) is 0 Å². The first-order chi connectivity index (χ1) is 14.3. The smallest absolute Gasteiger partial charge is 0.335 e. The molecule has 12 heteroatoms. The van der Waals surface area contributed by atoms with Crippen LogP contribution in [0.3, 0.4) is 0 Å². The lowest BCUT2D eigenvalue weighted by atomic mass is 10.1. The molecule has 3 atom stereocenters. The second-order valence-electron chi connectivity index (χ2n) is 6.78. The zero-order valence-corrected chi connectivity index (χ0v) is 17.4. The number of aromatic nitrogens is 4. The van der Waals surface area contributed by atoms with Crippen molar-refractivity contribution in [1.29, 1.82) is 0 Å². The fourth-order valence-electron chi connectivity index (χ4n) is 3.15. The predicted octanol–water partition coefficient (Wildman–Crippen LogP) is 0.265. The quantitative estimate of drug-likeness (QED) is 0.372. The van der Waals surface area contributed by atoms with Crippen LogP contribution in [0.2, 0.25) is 0 Å². The summed E-state index contributed by atoms with van der Waals surface area (Å²) in [5, 5.41) is 17.5. The highest BCUT2D eigenvalue weighted by molar-refractivity contribution is 7.84. The minimum absolute atomic E-state index is 0.220. The van der Waals surface area contributed by atoms with Crippen LogP contribution in [0, 0.1) is 0 Å². The number of carbonyl (C=O) groups is 1. The van der Waals surface area contributed by atoms with Gasteiger partial charge in [0.1, 0.15) is 23.9 Å². The van der Waals surface area contributed by atoms with Crippen molar-refractivity contribution in [3.05, 3.63) is 48.2 Å². The number of hydrogen-bond acceptors (Lipinski definition) is 9. The summed E-state index contributed by atoms with van der Waals surface area (Å²) in [7, 11) is -2.70. The van der Waals surface area contributed by atoms with Crippen LogP contribution in [0.25, 0.3) is 0 Å². The highest BCUT2D eigenvalue weighted by atomic mass is 32.2. The van der Waals surface area contributed by atoms with Gasteiger partial charge in [-0.05, 0) is 25.8 Å². The lowest BCUT2D eigenvalue weighted by Gasteiger charge is -2.15. The highest BCUT2D eigenvalue weighted by Crippen LogP contribution is 2.27. The van der Waals surface area contributed by atoms with E-state index in [0.29, 0.717) is 6.54 Å². The monoisotopic (exact) mass is 436 g/mol. The Bertz CT molecular complexity index is 1020. The van der Waals surface area contributed by atoms with Gasteiger partial charge in [0.15, 0.2) is 0 Å². The van der Waals surface area contributed by atoms with E-state index in [9.17, 15) is 18.3 Å². The van der Waals surface area contributed by atoms with Crippen molar-refractivity contribution in [2.75, 3.05) is 12.4 Å². The number of ketones is 1. The molecule has 0 saturated heterocycles. The number of hydrogen-bond donors (Lipinski definition) is 3. The summed E-state index contributed by atoms with van der Waals surface area (Å²) in [6.45, 7) is 2.45. The number of allylic oxidation sites excluding steroid dienone is 2. The van der Waals surface area contributed by atoms with E-state index in [-0.39, 0.29) is 41.7 Å². The molecule has 0 unspecified atom stereocenters. The van der Waals surface area contributed by atoms with E-state index in [4.69, 9.17) is 4.18 Å². The first kappa shape index (κ1) is 22.0. The molecule has 0 aromatic carbocycles. The normalized spacial score (nSPS) is 21.9. The molecule has 11 nitrogen and oxygen atoms in total. The molecule has 162 valence electrons. The number of nitrogens with zero attached hydrogens (tertiary/aromatic N) is 4. The van der Waals surface area contributed by atoms with Crippen LogP contribution >= 0.6 is 0 Å². The molecule has 1 aliphatic carbocycles. The van der Waals surface area contributed by atoms with Crippen molar-refractivity contribution >= 4 is 21.9 Å². The summed E-state index contributed by atoms with van der Waals surface area (Å²) in [6, 6.07) is 1.28. The van der Waals surface area contributed by atoms with E-state index >= 15 is 0 Å². The third-order valence-corrected chi connectivity index (χ3v) is 5.67. The van der Waals surface area contributed by atoms with Crippen molar-refractivity contribution in [2.24, 2.45) is 0 Å². The molecule has 0 bridgehead atoms. The van der Waals surface area contributed by atoms with Crippen molar-refractivity contribution in [3.63, 3.8) is 0 Å². The average Bonchev–Trinajstić information content (AvgIpc) is 3.33. The van der Waals surface area contributed by atoms with Crippen LogP contribution in [0.15, 0.2) is 36.9 Å². The number of anilines is 1. The third kappa shape index (κ3) is 5.27. The maximum atomic E-state index is 12.9. The predicted molar refractivity (Wildman–Crippen MR) is 108 cm³/mol. The van der Waals surface area contributed by atoms with E-state index in [0.717, 1.165) is 0 Å². The van der Waals surface area contributed by atoms with E-state index in [2.05, 4.69) is 25.1 Å². The molecule has 0 spiro atoms. The van der Waals surface area contributed by atoms with E-state index in [1.54, 1.807) is 16.9 Å². The lowest BCUT2D eigenvalue weighted by Crippen LogP contribution is -2.31. The van der Waals surface area contributed by atoms with Gasteiger partial charge in [-0.25, -0.2) is 9.97 Å². The van der Waals surface area contributed by atoms with Gasteiger partial charge in [-0.1, -0.05) is 12.2 Å². The Morgan fingerprint density at radius 1 is 1.43 bits per heavy atom. The molecule has 0 radical (unpaired) electrons. The molecule has 1 saturated carbocycles. The molecule has 30 heavy (non-hydrogen) atoms. The summed E-state index contributed by atoms with van der Waals surface area (Å²) in [4.78, 5) is 21.0. The van der Waals surface area contributed by atoms with Crippen LogP contribution in [0.5, 0.6) is 0 Å². The van der Waals surface area contributed by atoms with Crippen LogP contribution in [-0.4, -0.2) is 64.4 Å². The van der Waals surface area contributed by atoms with Crippen LogP contribution in [0.4, 0.5) is 5.82 Å². The van der Waals surface area contributed by atoms with E-state index < -0.39 is 22.5 Å². The number of nitrogens with one attached hydrogen (secondary N) is 2. The zero-order valence-electron chi connectivity index (χ0n) is 16.6. The summed E-state index contributed by atoms with van der Waals surface area (Å²) in [5.41, 5.74) is 0.487. The highest BCUT2D eigenvalue weighted by Gasteiger charge is 2.37. The molecule has 0 aliphatic heterocycles. The minimum Gasteiger partial charge on any atom is -0.390 e. The van der Waals surface area contributed by atoms with Crippen LogP contribution in [0.1, 0.15) is 35.8 Å². The van der Waals surface area contributed by atoms with Gasteiger partial charge >= 0.3 is 10.3 Å². The largest absolute Gasteiger partial charge is 0.390 e. The molecule has 1 aliphatic rings. The van der Waals surface area contributed by atoms with Gasteiger partial charge < -0.3 is 10.4 Å². The Kier molecular flexibility index (Phi) is 6.92. The van der Waals surface area contributed by atoms with Gasteiger partial charge in [0, 0.05) is 25.5 Å². The standard InChI is InChI=1S/C18H24N6O5S/c1-3-4-6-24-7-5-14(23-24)17(26)13-10-20-11-21-18(13)22-12-8-15(25)16(9-12)29-30(27,28)19-2/h3-5,7,10-12,15-16,19,25H,6,8-9H2,1-2H3,(H,20,21,22)/b4-3+/t12-,15+,16-/m1/s1. The first-order valence-electron chi connectivity index (χ1n) is 9.38. The minimum atomic E-state index is -3.93. The number of aliphatic hydroxyl groups is 1. The average molecular weight is 436 g/mol.